The summed E-state index contributed by atoms with van der Waals surface area (Å²) in [7, 11) is 1.63. The van der Waals surface area contributed by atoms with Crippen molar-refractivity contribution < 1.29 is 9.53 Å². The van der Waals surface area contributed by atoms with Crippen molar-refractivity contribution in [3.05, 3.63) is 58.2 Å². The minimum atomic E-state index is -0.137. The largest absolute Gasteiger partial charge is 0.497 e. The molecule has 3 rings (SSSR count). The van der Waals surface area contributed by atoms with Crippen molar-refractivity contribution >= 4 is 50.0 Å². The van der Waals surface area contributed by atoms with Crippen LogP contribution in [-0.4, -0.2) is 17.6 Å². The molecule has 0 saturated heterocycles. The van der Waals surface area contributed by atoms with E-state index in [1.165, 1.54) is 0 Å². The van der Waals surface area contributed by atoms with E-state index in [0.29, 0.717) is 10.7 Å². The molecule has 0 fully saturated rings. The lowest BCUT2D eigenvalue weighted by atomic mass is 10.2. The molecule has 4 nitrogen and oxygen atoms in total. The molecule has 0 saturated carbocycles. The van der Waals surface area contributed by atoms with E-state index in [2.05, 4.69) is 21.2 Å². The van der Waals surface area contributed by atoms with Gasteiger partial charge in [0.25, 0.3) is 0 Å². The Hall–Kier alpha value is -1.98. The van der Waals surface area contributed by atoms with Crippen molar-refractivity contribution in [3.8, 4) is 5.75 Å². The van der Waals surface area contributed by atoms with Gasteiger partial charge in [-0.2, -0.15) is 0 Å². The maximum atomic E-state index is 12.3. The lowest BCUT2D eigenvalue weighted by molar-refractivity contribution is -0.116. The highest BCUT2D eigenvalue weighted by atomic mass is 79.9. The molecule has 0 radical (unpaired) electrons. The zero-order valence-electron chi connectivity index (χ0n) is 12.3. The highest BCUT2D eigenvalue weighted by molar-refractivity contribution is 9.10. The van der Waals surface area contributed by atoms with Crippen molar-refractivity contribution in [2.24, 2.45) is 0 Å². The molecule has 1 amide bonds. The van der Waals surface area contributed by atoms with Crippen LogP contribution in [0.2, 0.25) is 5.02 Å². The van der Waals surface area contributed by atoms with Gasteiger partial charge in [-0.25, -0.2) is 0 Å². The Morgan fingerprint density at radius 1 is 1.26 bits per heavy atom. The van der Waals surface area contributed by atoms with Crippen LogP contribution in [-0.2, 0) is 11.3 Å². The van der Waals surface area contributed by atoms with E-state index in [9.17, 15) is 4.79 Å². The molecule has 0 unspecified atom stereocenters. The number of carbonyl (C=O) groups is 1. The number of nitrogens with zero attached hydrogens (tertiary/aromatic N) is 1. The minimum absolute atomic E-state index is 0.137. The number of ether oxygens (including phenoxy) is 1. The van der Waals surface area contributed by atoms with Gasteiger partial charge in [0.1, 0.15) is 12.3 Å². The summed E-state index contributed by atoms with van der Waals surface area (Å²) in [5, 5.41) is 4.35. The van der Waals surface area contributed by atoms with Gasteiger partial charge in [-0.3, -0.25) is 4.79 Å². The van der Waals surface area contributed by atoms with Crippen LogP contribution < -0.4 is 10.1 Å². The van der Waals surface area contributed by atoms with Gasteiger partial charge in [0.15, 0.2) is 0 Å². The molecule has 0 bridgehead atoms. The van der Waals surface area contributed by atoms with Gasteiger partial charge in [-0.05, 0) is 42.5 Å². The third-order valence-electron chi connectivity index (χ3n) is 3.50. The molecule has 3 aromatic rings. The van der Waals surface area contributed by atoms with Crippen molar-refractivity contribution in [2.75, 3.05) is 12.4 Å². The van der Waals surface area contributed by atoms with Crippen LogP contribution in [0.5, 0.6) is 5.75 Å². The number of rotatable bonds is 4. The Labute approximate surface area is 147 Å². The Bertz CT molecular complexity index is 876. The molecular weight excluding hydrogens is 380 g/mol. The number of halogens is 2. The van der Waals surface area contributed by atoms with Gasteiger partial charge in [-0.1, -0.05) is 27.5 Å². The van der Waals surface area contributed by atoms with Crippen LogP contribution >= 0.6 is 27.5 Å². The van der Waals surface area contributed by atoms with E-state index in [4.69, 9.17) is 16.3 Å². The second-order valence-electron chi connectivity index (χ2n) is 5.04. The monoisotopic (exact) mass is 392 g/mol. The smallest absolute Gasteiger partial charge is 0.244 e. The molecule has 2 aromatic carbocycles. The van der Waals surface area contributed by atoms with E-state index in [1.54, 1.807) is 19.2 Å². The summed E-state index contributed by atoms with van der Waals surface area (Å²) in [6, 6.07) is 13.1. The fraction of sp³-hybridized carbons (Fsp3) is 0.118. The van der Waals surface area contributed by atoms with E-state index in [0.717, 1.165) is 21.1 Å². The van der Waals surface area contributed by atoms with Crippen LogP contribution in [0.25, 0.3) is 10.9 Å². The Morgan fingerprint density at radius 2 is 2.09 bits per heavy atom. The predicted octanol–water partition coefficient (Wildman–Crippen LogP) is 4.70. The van der Waals surface area contributed by atoms with Gasteiger partial charge in [0, 0.05) is 21.6 Å². The molecule has 118 valence electrons. The van der Waals surface area contributed by atoms with Crippen molar-refractivity contribution in [2.45, 2.75) is 6.54 Å². The molecular formula is C17H14BrClN2O2. The van der Waals surface area contributed by atoms with E-state index < -0.39 is 0 Å². The number of fused-ring (bicyclic) bond motifs is 1. The maximum Gasteiger partial charge on any atom is 0.244 e. The van der Waals surface area contributed by atoms with E-state index >= 15 is 0 Å². The first kappa shape index (κ1) is 15.9. The standard InChI is InChI=1S/C17H14BrClN2O2/c1-23-13-3-5-16-11(8-13)6-7-21(16)10-17(22)20-15-4-2-12(18)9-14(15)19/h2-9H,10H2,1H3,(H,20,22). The molecule has 23 heavy (non-hydrogen) atoms. The van der Waals surface area contributed by atoms with Gasteiger partial charge in [0.05, 0.1) is 17.8 Å². The number of anilines is 1. The summed E-state index contributed by atoms with van der Waals surface area (Å²) in [6.45, 7) is 0.211. The van der Waals surface area contributed by atoms with Gasteiger partial charge in [0.2, 0.25) is 5.91 Å². The van der Waals surface area contributed by atoms with E-state index in [-0.39, 0.29) is 12.5 Å². The van der Waals surface area contributed by atoms with Crippen LogP contribution in [0, 0.1) is 0 Å². The molecule has 1 heterocycles. The lowest BCUT2D eigenvalue weighted by Gasteiger charge is -2.09. The fourth-order valence-electron chi connectivity index (χ4n) is 2.38. The SMILES string of the molecule is COc1ccc2c(ccn2CC(=O)Nc2ccc(Br)cc2Cl)c1. The molecule has 1 N–H and O–H groups in total. The molecule has 6 heteroatoms. The topological polar surface area (TPSA) is 43.3 Å². The Morgan fingerprint density at radius 3 is 2.83 bits per heavy atom. The van der Waals surface area contributed by atoms with Crippen LogP contribution in [0.3, 0.4) is 0 Å². The number of amides is 1. The summed E-state index contributed by atoms with van der Waals surface area (Å²) >= 11 is 9.46. The highest BCUT2D eigenvalue weighted by Crippen LogP contribution is 2.26. The summed E-state index contributed by atoms with van der Waals surface area (Å²) in [5.74, 6) is 0.656. The number of aromatic nitrogens is 1. The molecule has 0 spiro atoms. The summed E-state index contributed by atoms with van der Waals surface area (Å²) in [6.07, 6.45) is 1.88. The predicted molar refractivity (Wildman–Crippen MR) is 96.3 cm³/mol. The third kappa shape index (κ3) is 3.51. The fourth-order valence-corrected chi connectivity index (χ4v) is 3.10. The van der Waals surface area contributed by atoms with Crippen LogP contribution in [0.4, 0.5) is 5.69 Å². The average molecular weight is 394 g/mol. The second-order valence-corrected chi connectivity index (χ2v) is 6.36. The molecule has 0 aliphatic carbocycles. The van der Waals surface area contributed by atoms with Crippen molar-refractivity contribution in [1.29, 1.82) is 0 Å². The quantitative estimate of drug-likeness (QED) is 0.698. The first-order valence-corrected chi connectivity index (χ1v) is 8.12. The number of carbonyl (C=O) groups excluding carboxylic acids is 1. The first-order chi connectivity index (χ1) is 11.1. The summed E-state index contributed by atoms with van der Waals surface area (Å²) in [4.78, 5) is 12.3. The zero-order chi connectivity index (χ0) is 16.4. The normalized spacial score (nSPS) is 10.7. The highest BCUT2D eigenvalue weighted by Gasteiger charge is 2.09. The number of hydrogen-bond donors (Lipinski definition) is 1. The molecule has 0 atom stereocenters. The first-order valence-electron chi connectivity index (χ1n) is 6.94. The molecule has 0 aliphatic rings. The molecule has 0 aliphatic heterocycles. The molecule has 1 aromatic heterocycles. The third-order valence-corrected chi connectivity index (χ3v) is 4.30. The Balaban J connectivity index is 1.77. The number of benzene rings is 2. The van der Waals surface area contributed by atoms with E-state index in [1.807, 2.05) is 41.1 Å². The second kappa shape index (κ2) is 6.64. The van der Waals surface area contributed by atoms with Crippen molar-refractivity contribution in [1.82, 2.24) is 4.57 Å². The zero-order valence-corrected chi connectivity index (χ0v) is 14.7. The van der Waals surface area contributed by atoms with Gasteiger partial charge >= 0.3 is 0 Å². The van der Waals surface area contributed by atoms with Gasteiger partial charge in [-0.15, -0.1) is 0 Å². The average Bonchev–Trinajstić information content (AvgIpc) is 2.92. The maximum absolute atomic E-state index is 12.3. The number of methoxy groups -OCH3 is 1. The van der Waals surface area contributed by atoms with Crippen LogP contribution in [0.1, 0.15) is 0 Å². The summed E-state index contributed by atoms with van der Waals surface area (Å²) in [5.41, 5.74) is 1.57. The summed E-state index contributed by atoms with van der Waals surface area (Å²) < 4.78 is 7.96. The van der Waals surface area contributed by atoms with Crippen LogP contribution in [0.15, 0.2) is 53.1 Å². The lowest BCUT2D eigenvalue weighted by Crippen LogP contribution is -2.18. The number of hydrogen-bond acceptors (Lipinski definition) is 2. The van der Waals surface area contributed by atoms with Gasteiger partial charge < -0.3 is 14.6 Å². The Kier molecular flexibility index (Phi) is 4.59. The van der Waals surface area contributed by atoms with Crippen molar-refractivity contribution in [3.63, 3.8) is 0 Å². The number of nitrogens with one attached hydrogen (secondary N) is 1. The minimum Gasteiger partial charge on any atom is -0.497 e.